The number of rotatable bonds is 16. The number of benzene rings is 1. The van der Waals surface area contributed by atoms with E-state index in [1.807, 2.05) is 52.0 Å². The van der Waals surface area contributed by atoms with Crippen LogP contribution in [0.4, 0.5) is 0 Å². The monoisotopic (exact) mass is 723 g/mol. The molecule has 52 heavy (non-hydrogen) atoms. The van der Waals surface area contributed by atoms with Gasteiger partial charge in [-0.2, -0.15) is 0 Å². The molecule has 0 aliphatic carbocycles. The summed E-state index contributed by atoms with van der Waals surface area (Å²) < 4.78 is 0. The van der Waals surface area contributed by atoms with Gasteiger partial charge in [-0.15, -0.1) is 0 Å². The molecule has 0 saturated carbocycles. The number of nitrogens with one attached hydrogen (secondary N) is 4. The zero-order valence-corrected chi connectivity index (χ0v) is 31.3. The van der Waals surface area contributed by atoms with Crippen molar-refractivity contribution in [1.29, 1.82) is 0 Å². The standard InChI is InChI=1S/C38H57N7O7/c1-7-22(5)30(39)34(47)42-31(21(3)4)35(48)43-32(23(6)8-2)37(50)45-18-12-16-29(45)36(49)44-17-11-15-28(44)33(46)41-27(38(51)52)19-24-20-40-26-14-10-9-13-25(24)26/h9-10,13-14,20-23,27-32,40H,7-8,11-12,15-19,39H2,1-6H3,(H,41,46)(H,42,47)(H,43,48)(H,51,52)/t22-,23-,27-,28-,29-,30-,31-,32-/m0/s1. The van der Waals surface area contributed by atoms with E-state index in [1.54, 1.807) is 20.0 Å². The quantitative estimate of drug-likeness (QED) is 0.151. The van der Waals surface area contributed by atoms with E-state index < -0.39 is 65.8 Å². The van der Waals surface area contributed by atoms with Crippen LogP contribution in [0.15, 0.2) is 30.5 Å². The Bertz CT molecular complexity index is 1610. The molecule has 2 aliphatic heterocycles. The van der Waals surface area contributed by atoms with Gasteiger partial charge in [-0.25, -0.2) is 4.79 Å². The number of carbonyl (C=O) groups is 6. The Morgan fingerprint density at radius 2 is 1.46 bits per heavy atom. The van der Waals surface area contributed by atoms with E-state index in [-0.39, 0.29) is 30.1 Å². The number of carbonyl (C=O) groups excluding carboxylic acids is 5. The number of amides is 5. The Labute approximate surface area is 306 Å². The number of aromatic nitrogens is 1. The van der Waals surface area contributed by atoms with E-state index in [0.29, 0.717) is 51.6 Å². The molecule has 5 amide bonds. The van der Waals surface area contributed by atoms with Gasteiger partial charge in [0.1, 0.15) is 30.2 Å². The minimum absolute atomic E-state index is 0.0609. The maximum Gasteiger partial charge on any atom is 0.326 e. The van der Waals surface area contributed by atoms with Gasteiger partial charge < -0.3 is 41.6 Å². The first-order chi connectivity index (χ1) is 24.7. The molecule has 0 spiro atoms. The molecular weight excluding hydrogens is 666 g/mol. The summed E-state index contributed by atoms with van der Waals surface area (Å²) in [4.78, 5) is 86.9. The average molecular weight is 724 g/mol. The molecule has 0 unspecified atom stereocenters. The predicted octanol–water partition coefficient (Wildman–Crippen LogP) is 2.31. The first kappa shape index (κ1) is 40.3. The zero-order valence-electron chi connectivity index (χ0n) is 31.3. The fraction of sp³-hybridized carbons (Fsp3) is 0.632. The smallest absolute Gasteiger partial charge is 0.326 e. The normalized spacial score (nSPS) is 20.9. The predicted molar refractivity (Wildman–Crippen MR) is 197 cm³/mol. The topological polar surface area (TPSA) is 207 Å². The summed E-state index contributed by atoms with van der Waals surface area (Å²) in [6.07, 6.45) is 4.95. The van der Waals surface area contributed by atoms with E-state index in [1.165, 1.54) is 9.80 Å². The van der Waals surface area contributed by atoms with Crippen molar-refractivity contribution in [2.75, 3.05) is 13.1 Å². The second-order valence-electron chi connectivity index (χ2n) is 14.9. The Morgan fingerprint density at radius 3 is 2.10 bits per heavy atom. The van der Waals surface area contributed by atoms with E-state index in [2.05, 4.69) is 20.9 Å². The molecule has 2 aromatic rings. The molecule has 2 saturated heterocycles. The van der Waals surface area contributed by atoms with Crippen LogP contribution in [-0.2, 0) is 35.2 Å². The van der Waals surface area contributed by atoms with Crippen LogP contribution >= 0.6 is 0 Å². The highest BCUT2D eigenvalue weighted by Gasteiger charge is 2.45. The molecular formula is C38H57N7O7. The van der Waals surface area contributed by atoms with Crippen molar-refractivity contribution in [1.82, 2.24) is 30.7 Å². The largest absolute Gasteiger partial charge is 0.480 e. The van der Waals surface area contributed by atoms with Crippen LogP contribution in [0.1, 0.15) is 85.6 Å². The average Bonchev–Trinajstić information content (AvgIpc) is 3.91. The van der Waals surface area contributed by atoms with Gasteiger partial charge in [-0.05, 0) is 55.1 Å². The molecule has 14 heteroatoms. The summed E-state index contributed by atoms with van der Waals surface area (Å²) >= 11 is 0. The summed E-state index contributed by atoms with van der Waals surface area (Å²) in [5.41, 5.74) is 7.75. The molecule has 7 N–H and O–H groups in total. The fourth-order valence-electron chi connectivity index (χ4n) is 7.17. The van der Waals surface area contributed by atoms with Crippen LogP contribution in [0.5, 0.6) is 0 Å². The Hall–Kier alpha value is -4.46. The van der Waals surface area contributed by atoms with Crippen molar-refractivity contribution in [3.8, 4) is 0 Å². The maximum atomic E-state index is 14.2. The number of H-pyrrole nitrogens is 1. The highest BCUT2D eigenvalue weighted by Crippen LogP contribution is 2.27. The first-order valence-electron chi connectivity index (χ1n) is 18.7. The van der Waals surface area contributed by atoms with Gasteiger partial charge in [-0.1, -0.05) is 72.6 Å². The maximum absolute atomic E-state index is 14.2. The van der Waals surface area contributed by atoms with Gasteiger partial charge in [-0.3, -0.25) is 24.0 Å². The van der Waals surface area contributed by atoms with Gasteiger partial charge in [0.05, 0.1) is 6.04 Å². The highest BCUT2D eigenvalue weighted by atomic mass is 16.4. The summed E-state index contributed by atoms with van der Waals surface area (Å²) in [6.45, 7) is 11.8. The zero-order chi connectivity index (χ0) is 38.3. The molecule has 2 fully saturated rings. The van der Waals surface area contributed by atoms with Gasteiger partial charge >= 0.3 is 5.97 Å². The minimum Gasteiger partial charge on any atom is -0.480 e. The Morgan fingerprint density at radius 1 is 0.846 bits per heavy atom. The number of hydrogen-bond donors (Lipinski definition) is 6. The SMILES string of the molecule is CC[C@H](C)[C@H](N)C(=O)N[C@H](C(=O)N[C@H](C(=O)N1CCC[C@H]1C(=O)N1CCC[C@H]1C(=O)N[C@@H](Cc1c[nH]c2ccccc12)C(=O)O)[C@@H](C)CC)C(C)C. The lowest BCUT2D eigenvalue weighted by Crippen LogP contribution is -2.61. The van der Waals surface area contributed by atoms with Crippen LogP contribution in [0.25, 0.3) is 10.9 Å². The number of carboxylic acids is 1. The molecule has 8 atom stereocenters. The number of fused-ring (bicyclic) bond motifs is 1. The highest BCUT2D eigenvalue weighted by molar-refractivity contribution is 5.97. The van der Waals surface area contributed by atoms with Crippen LogP contribution in [0.2, 0.25) is 0 Å². The minimum atomic E-state index is -1.21. The Kier molecular flexibility index (Phi) is 13.8. The van der Waals surface area contributed by atoms with Gasteiger partial charge in [0.2, 0.25) is 29.5 Å². The molecule has 1 aromatic carbocycles. The second-order valence-corrected chi connectivity index (χ2v) is 14.9. The number of nitrogens with zero attached hydrogens (tertiary/aromatic N) is 2. The molecule has 3 heterocycles. The van der Waals surface area contributed by atoms with E-state index >= 15 is 0 Å². The lowest BCUT2D eigenvalue weighted by atomic mass is 9.95. The molecule has 14 nitrogen and oxygen atoms in total. The molecule has 0 radical (unpaired) electrons. The fourth-order valence-corrected chi connectivity index (χ4v) is 7.17. The molecule has 1 aromatic heterocycles. The summed E-state index contributed by atoms with van der Waals surface area (Å²) in [7, 11) is 0. The molecule has 2 aliphatic rings. The molecule has 286 valence electrons. The number of nitrogens with two attached hydrogens (primary N) is 1. The Balaban J connectivity index is 1.46. The second kappa shape index (κ2) is 17.8. The van der Waals surface area contributed by atoms with Crippen molar-refractivity contribution >= 4 is 46.4 Å². The summed E-state index contributed by atoms with van der Waals surface area (Å²) in [5, 5.41) is 19.2. The number of carboxylic acid groups (broad SMARTS) is 1. The van der Waals surface area contributed by atoms with E-state index in [4.69, 9.17) is 5.73 Å². The molecule has 0 bridgehead atoms. The van der Waals surface area contributed by atoms with Crippen LogP contribution in [0.3, 0.4) is 0 Å². The van der Waals surface area contributed by atoms with Gasteiger partial charge in [0, 0.05) is 36.6 Å². The van der Waals surface area contributed by atoms with Crippen LogP contribution in [0, 0.1) is 17.8 Å². The number of hydrogen-bond acceptors (Lipinski definition) is 7. The first-order valence-corrected chi connectivity index (χ1v) is 18.7. The van der Waals surface area contributed by atoms with Crippen molar-refractivity contribution in [2.24, 2.45) is 23.5 Å². The van der Waals surface area contributed by atoms with Crippen molar-refractivity contribution in [3.63, 3.8) is 0 Å². The van der Waals surface area contributed by atoms with E-state index in [0.717, 1.165) is 16.5 Å². The third kappa shape index (κ3) is 9.12. The van der Waals surface area contributed by atoms with Crippen molar-refractivity contribution in [3.05, 3.63) is 36.0 Å². The van der Waals surface area contributed by atoms with Gasteiger partial charge in [0.15, 0.2) is 0 Å². The number of aliphatic carboxylic acids is 1. The molecule has 4 rings (SSSR count). The van der Waals surface area contributed by atoms with Crippen LogP contribution < -0.4 is 21.7 Å². The summed E-state index contributed by atoms with van der Waals surface area (Å²) in [5.74, 6) is -4.08. The van der Waals surface area contributed by atoms with Gasteiger partial charge in [0.25, 0.3) is 0 Å². The third-order valence-corrected chi connectivity index (χ3v) is 11.0. The van der Waals surface area contributed by atoms with Crippen LogP contribution in [-0.4, -0.2) is 105 Å². The lowest BCUT2D eigenvalue weighted by molar-refractivity contribution is -0.149. The third-order valence-electron chi connectivity index (χ3n) is 11.0. The van der Waals surface area contributed by atoms with E-state index in [9.17, 15) is 33.9 Å². The number of likely N-dealkylation sites (tertiary alicyclic amines) is 2. The lowest BCUT2D eigenvalue weighted by Gasteiger charge is -2.35. The summed E-state index contributed by atoms with van der Waals surface area (Å²) in [6, 6.07) is 1.93. The van der Waals surface area contributed by atoms with Crippen molar-refractivity contribution in [2.45, 2.75) is 123 Å². The number of aromatic amines is 1. The van der Waals surface area contributed by atoms with Crippen molar-refractivity contribution < 1.29 is 33.9 Å². The number of para-hydroxylation sites is 1.